The Morgan fingerprint density at radius 3 is 2.08 bits per heavy atom. The van der Waals surface area contributed by atoms with Crippen molar-refractivity contribution in [1.82, 2.24) is 4.90 Å². The fraction of sp³-hybridized carbons (Fsp3) is 0.727. The van der Waals surface area contributed by atoms with E-state index in [9.17, 15) is 0 Å². The maximum Gasteiger partial charge on any atom is 0.0311 e. The molecule has 76 valence electrons. The molecule has 0 aromatic rings. The van der Waals surface area contributed by atoms with E-state index in [0.29, 0.717) is 0 Å². The Bertz CT molecular complexity index is 209. The van der Waals surface area contributed by atoms with Gasteiger partial charge in [-0.05, 0) is 39.7 Å². The average Bonchev–Trinajstić information content (AvgIpc) is 2.03. The van der Waals surface area contributed by atoms with Crippen LogP contribution in [0.1, 0.15) is 41.0 Å². The maximum atomic E-state index is 7.23. The highest BCUT2D eigenvalue weighted by Crippen LogP contribution is 2.21. The van der Waals surface area contributed by atoms with Crippen LogP contribution >= 0.6 is 0 Å². The van der Waals surface area contributed by atoms with Crippen LogP contribution in [0.4, 0.5) is 0 Å². The molecule has 0 spiro atoms. The third kappa shape index (κ3) is 3.21. The Kier molecular flexibility index (Phi) is 4.18. The molecule has 0 radical (unpaired) electrons. The Morgan fingerprint density at radius 2 is 1.85 bits per heavy atom. The minimum Gasteiger partial charge on any atom is -0.373 e. The number of rotatable bonds is 3. The summed E-state index contributed by atoms with van der Waals surface area (Å²) in [7, 11) is 2.09. The quantitative estimate of drug-likeness (QED) is 0.667. The monoisotopic (exact) mass is 182 g/mol. The zero-order chi connectivity index (χ0) is 10.6. The topological polar surface area (TPSA) is 27.1 Å². The van der Waals surface area contributed by atoms with Crippen LogP contribution in [0.5, 0.6) is 0 Å². The number of allylic oxidation sites excluding steroid dienone is 2. The molecule has 13 heavy (non-hydrogen) atoms. The van der Waals surface area contributed by atoms with Crippen molar-refractivity contribution in [3.63, 3.8) is 0 Å². The second-order valence-electron chi connectivity index (χ2n) is 4.36. The third-order valence-electron chi connectivity index (χ3n) is 2.42. The fourth-order valence-electron chi connectivity index (χ4n) is 1.27. The lowest BCUT2D eigenvalue weighted by atomic mass is 10.0. The van der Waals surface area contributed by atoms with Crippen molar-refractivity contribution in [1.29, 1.82) is 5.41 Å². The molecule has 0 saturated carbocycles. The third-order valence-corrected chi connectivity index (χ3v) is 2.42. The van der Waals surface area contributed by atoms with Crippen molar-refractivity contribution in [2.45, 2.75) is 46.6 Å². The van der Waals surface area contributed by atoms with Crippen LogP contribution in [0.3, 0.4) is 0 Å². The molecular formula is C11H22N2. The van der Waals surface area contributed by atoms with Crippen LogP contribution in [0.2, 0.25) is 0 Å². The summed E-state index contributed by atoms with van der Waals surface area (Å²) in [4.78, 5) is 2.24. The zero-order valence-corrected chi connectivity index (χ0v) is 9.73. The van der Waals surface area contributed by atoms with Gasteiger partial charge in [0.2, 0.25) is 0 Å². The molecule has 0 bridgehead atoms. The molecule has 0 fully saturated rings. The highest BCUT2D eigenvalue weighted by atomic mass is 15.2. The smallest absolute Gasteiger partial charge is 0.0311 e. The summed E-state index contributed by atoms with van der Waals surface area (Å²) >= 11 is 0. The first-order valence-electron chi connectivity index (χ1n) is 4.78. The van der Waals surface area contributed by atoms with E-state index in [-0.39, 0.29) is 5.54 Å². The van der Waals surface area contributed by atoms with Gasteiger partial charge in [0.05, 0.1) is 0 Å². The second-order valence-corrected chi connectivity index (χ2v) is 4.36. The lowest BCUT2D eigenvalue weighted by Crippen LogP contribution is -2.37. The van der Waals surface area contributed by atoms with Crippen LogP contribution in [0.25, 0.3) is 0 Å². The lowest BCUT2D eigenvalue weighted by molar-refractivity contribution is 0.221. The summed E-state index contributed by atoms with van der Waals surface area (Å²) in [5.41, 5.74) is 2.44. The standard InChI is InChI=1S/C11H22N2/c1-7-10(9(2)8-12)13(6)11(3,4)5/h8,12H,7H2,1-6H3/b10-9-,12-8?. The summed E-state index contributed by atoms with van der Waals surface area (Å²) in [6.45, 7) is 10.7. The molecule has 0 rings (SSSR count). The van der Waals surface area contributed by atoms with E-state index in [4.69, 9.17) is 5.41 Å². The molecule has 2 heteroatoms. The predicted octanol–water partition coefficient (Wildman–Crippen LogP) is 3.05. The van der Waals surface area contributed by atoms with E-state index >= 15 is 0 Å². The van der Waals surface area contributed by atoms with Crippen LogP contribution in [0, 0.1) is 5.41 Å². The van der Waals surface area contributed by atoms with Gasteiger partial charge < -0.3 is 10.3 Å². The molecule has 0 amide bonds. The Morgan fingerprint density at radius 1 is 1.38 bits per heavy atom. The first-order valence-corrected chi connectivity index (χ1v) is 4.78. The molecule has 0 atom stereocenters. The van der Waals surface area contributed by atoms with Gasteiger partial charge in [-0.3, -0.25) is 0 Å². The summed E-state index contributed by atoms with van der Waals surface area (Å²) in [6, 6.07) is 0. The highest BCUT2D eigenvalue weighted by Gasteiger charge is 2.19. The first-order chi connectivity index (χ1) is 5.84. The van der Waals surface area contributed by atoms with E-state index in [1.807, 2.05) is 6.92 Å². The van der Waals surface area contributed by atoms with Gasteiger partial charge in [-0.2, -0.15) is 0 Å². The summed E-state index contributed by atoms with van der Waals surface area (Å²) in [5, 5.41) is 7.23. The highest BCUT2D eigenvalue weighted by molar-refractivity contribution is 5.75. The second kappa shape index (κ2) is 4.45. The van der Waals surface area contributed by atoms with E-state index < -0.39 is 0 Å². The van der Waals surface area contributed by atoms with Crippen LogP contribution in [0.15, 0.2) is 11.3 Å². The minimum absolute atomic E-state index is 0.135. The molecule has 0 aliphatic heterocycles. The minimum atomic E-state index is 0.135. The molecule has 0 saturated heterocycles. The number of hydrogen-bond acceptors (Lipinski definition) is 2. The van der Waals surface area contributed by atoms with Gasteiger partial charge in [0.15, 0.2) is 0 Å². The molecule has 0 heterocycles. The fourth-order valence-corrected chi connectivity index (χ4v) is 1.27. The predicted molar refractivity (Wildman–Crippen MR) is 59.3 cm³/mol. The summed E-state index contributed by atoms with van der Waals surface area (Å²) < 4.78 is 0. The molecule has 0 aromatic heterocycles. The molecule has 0 aliphatic carbocycles. The van der Waals surface area contributed by atoms with Crippen molar-refractivity contribution < 1.29 is 0 Å². The largest absolute Gasteiger partial charge is 0.373 e. The molecule has 0 unspecified atom stereocenters. The Balaban J connectivity index is 4.90. The molecular weight excluding hydrogens is 160 g/mol. The van der Waals surface area contributed by atoms with Gasteiger partial charge >= 0.3 is 0 Å². The maximum absolute atomic E-state index is 7.23. The number of hydrogen-bond donors (Lipinski definition) is 1. The number of nitrogens with zero attached hydrogens (tertiary/aromatic N) is 1. The molecule has 2 nitrogen and oxygen atoms in total. The van der Waals surface area contributed by atoms with Crippen molar-refractivity contribution in [3.05, 3.63) is 11.3 Å². The van der Waals surface area contributed by atoms with Crippen LogP contribution < -0.4 is 0 Å². The first kappa shape index (κ1) is 12.2. The zero-order valence-electron chi connectivity index (χ0n) is 9.73. The van der Waals surface area contributed by atoms with Gasteiger partial charge in [0.1, 0.15) is 0 Å². The van der Waals surface area contributed by atoms with E-state index in [1.165, 1.54) is 11.9 Å². The Labute approximate surface area is 82.1 Å². The van der Waals surface area contributed by atoms with Crippen molar-refractivity contribution >= 4 is 6.21 Å². The molecule has 1 N–H and O–H groups in total. The lowest BCUT2D eigenvalue weighted by Gasteiger charge is -2.36. The van der Waals surface area contributed by atoms with Gasteiger partial charge in [0.25, 0.3) is 0 Å². The van der Waals surface area contributed by atoms with Crippen LogP contribution in [-0.4, -0.2) is 23.7 Å². The van der Waals surface area contributed by atoms with Crippen LogP contribution in [-0.2, 0) is 0 Å². The normalized spacial score (nSPS) is 13.7. The Hall–Kier alpha value is -0.790. The van der Waals surface area contributed by atoms with Gasteiger partial charge in [-0.1, -0.05) is 6.92 Å². The van der Waals surface area contributed by atoms with Gasteiger partial charge in [0, 0.05) is 24.5 Å². The molecule has 0 aromatic carbocycles. The van der Waals surface area contributed by atoms with E-state index in [1.54, 1.807) is 0 Å². The SMILES string of the molecule is CC/C(=C(\C)C=N)N(C)C(C)(C)C. The molecule has 0 aliphatic rings. The summed E-state index contributed by atoms with van der Waals surface area (Å²) in [6.07, 6.45) is 2.41. The number of nitrogens with one attached hydrogen (secondary N) is 1. The van der Waals surface area contributed by atoms with E-state index in [0.717, 1.165) is 12.0 Å². The average molecular weight is 182 g/mol. The van der Waals surface area contributed by atoms with E-state index in [2.05, 4.69) is 39.6 Å². The van der Waals surface area contributed by atoms with Gasteiger partial charge in [-0.25, -0.2) is 0 Å². The van der Waals surface area contributed by atoms with Crippen molar-refractivity contribution in [3.8, 4) is 0 Å². The summed E-state index contributed by atoms with van der Waals surface area (Å²) in [5.74, 6) is 0. The van der Waals surface area contributed by atoms with Crippen molar-refractivity contribution in [2.75, 3.05) is 7.05 Å². The van der Waals surface area contributed by atoms with Crippen molar-refractivity contribution in [2.24, 2.45) is 0 Å². The van der Waals surface area contributed by atoms with Gasteiger partial charge in [-0.15, -0.1) is 0 Å².